The smallest absolute Gasteiger partial charge is 0.341 e. The highest BCUT2D eigenvalue weighted by molar-refractivity contribution is 6.23. The van der Waals surface area contributed by atoms with Gasteiger partial charge in [-0.15, -0.1) is 11.6 Å². The van der Waals surface area contributed by atoms with Gasteiger partial charge in [-0.05, 0) is 54.4 Å². The number of esters is 1. The zero-order chi connectivity index (χ0) is 22.1. The molecule has 3 rings (SSSR count). The Labute approximate surface area is 185 Å². The molecule has 0 saturated heterocycles. The van der Waals surface area contributed by atoms with Gasteiger partial charge in [0.1, 0.15) is 29.7 Å². The number of allylic oxidation sites excluding steroid dienone is 1. The second kappa shape index (κ2) is 11.2. The van der Waals surface area contributed by atoms with Crippen molar-refractivity contribution < 1.29 is 23.4 Å². The van der Waals surface area contributed by atoms with Gasteiger partial charge in [0, 0.05) is 0 Å². The number of alkyl halides is 1. The lowest BCUT2D eigenvalue weighted by atomic mass is 10.1. The number of carbonyl (C=O) groups excluding carboxylic acids is 1. The lowest BCUT2D eigenvalue weighted by Gasteiger charge is -2.12. The molecule has 3 aromatic rings. The van der Waals surface area contributed by atoms with E-state index in [9.17, 15) is 9.18 Å². The highest BCUT2D eigenvalue weighted by atomic mass is 35.5. The first-order chi connectivity index (χ1) is 15.1. The average molecular weight is 441 g/mol. The van der Waals surface area contributed by atoms with E-state index >= 15 is 0 Å². The minimum Gasteiger partial charge on any atom is -0.494 e. The molecule has 31 heavy (non-hydrogen) atoms. The van der Waals surface area contributed by atoms with E-state index < -0.39 is 17.7 Å². The van der Waals surface area contributed by atoms with Crippen LogP contribution in [0.25, 0.3) is 5.57 Å². The van der Waals surface area contributed by atoms with Crippen molar-refractivity contribution in [3.05, 3.63) is 95.8 Å². The van der Waals surface area contributed by atoms with Crippen LogP contribution in [0.4, 0.5) is 4.39 Å². The third-order valence-electron chi connectivity index (χ3n) is 4.29. The number of benzene rings is 3. The van der Waals surface area contributed by atoms with Crippen LogP contribution in [0, 0.1) is 0 Å². The predicted octanol–water partition coefficient (Wildman–Crippen LogP) is 6.54. The molecular weight excluding hydrogens is 419 g/mol. The van der Waals surface area contributed by atoms with E-state index in [4.69, 9.17) is 25.8 Å². The molecule has 0 heterocycles. The summed E-state index contributed by atoms with van der Waals surface area (Å²) in [4.78, 5) is 12.7. The number of ether oxygens (including phenoxy) is 3. The summed E-state index contributed by atoms with van der Waals surface area (Å²) in [6, 6.07) is 23.0. The van der Waals surface area contributed by atoms with E-state index in [1.807, 2.05) is 37.3 Å². The van der Waals surface area contributed by atoms with E-state index in [-0.39, 0.29) is 12.2 Å². The fourth-order valence-corrected chi connectivity index (χ4v) is 3.01. The predicted molar refractivity (Wildman–Crippen MR) is 119 cm³/mol. The monoisotopic (exact) mass is 440 g/mol. The molecule has 0 aliphatic carbocycles. The number of rotatable bonds is 9. The standard InChI is InChI=1S/C25H22ClFO4/c1-2-29-20-13-11-19(12-14-20)24(23(27)16-26)25(28)30-17-18-7-6-10-22(15-18)31-21-8-4-3-5-9-21/h3-15H,2,16-17H2,1H3/b24-23+. The molecule has 160 valence electrons. The van der Waals surface area contributed by atoms with Gasteiger partial charge in [-0.25, -0.2) is 9.18 Å². The van der Waals surface area contributed by atoms with Gasteiger partial charge in [-0.1, -0.05) is 42.5 Å². The lowest BCUT2D eigenvalue weighted by Crippen LogP contribution is -2.09. The molecule has 0 radical (unpaired) electrons. The van der Waals surface area contributed by atoms with Gasteiger partial charge in [-0.3, -0.25) is 0 Å². The van der Waals surface area contributed by atoms with Crippen molar-refractivity contribution in [3.63, 3.8) is 0 Å². The van der Waals surface area contributed by atoms with Crippen molar-refractivity contribution >= 4 is 23.1 Å². The molecule has 0 unspecified atom stereocenters. The first-order valence-electron chi connectivity index (χ1n) is 9.77. The number of hydrogen-bond donors (Lipinski definition) is 0. The summed E-state index contributed by atoms with van der Waals surface area (Å²) in [5.41, 5.74) is 0.876. The Balaban J connectivity index is 1.71. The van der Waals surface area contributed by atoms with Crippen LogP contribution in [0.5, 0.6) is 17.2 Å². The second-order valence-corrected chi connectivity index (χ2v) is 6.78. The van der Waals surface area contributed by atoms with E-state index in [0.29, 0.717) is 35.0 Å². The quantitative estimate of drug-likeness (QED) is 0.215. The van der Waals surface area contributed by atoms with Crippen LogP contribution in [0.15, 0.2) is 84.7 Å². The van der Waals surface area contributed by atoms with Gasteiger partial charge in [0.15, 0.2) is 0 Å². The number of halogens is 2. The topological polar surface area (TPSA) is 44.8 Å². The number of hydrogen-bond acceptors (Lipinski definition) is 4. The van der Waals surface area contributed by atoms with Gasteiger partial charge >= 0.3 is 5.97 Å². The summed E-state index contributed by atoms with van der Waals surface area (Å²) in [6.45, 7) is 2.33. The molecule has 0 atom stereocenters. The Hall–Kier alpha value is -3.31. The maximum atomic E-state index is 14.4. The van der Waals surface area contributed by atoms with Gasteiger partial charge < -0.3 is 14.2 Å². The minimum absolute atomic E-state index is 0.0408. The van der Waals surface area contributed by atoms with Gasteiger partial charge in [-0.2, -0.15) is 0 Å². The van der Waals surface area contributed by atoms with E-state index in [2.05, 4.69) is 0 Å². The second-order valence-electron chi connectivity index (χ2n) is 6.51. The number of carbonyl (C=O) groups is 1. The molecule has 0 N–H and O–H groups in total. The van der Waals surface area contributed by atoms with Crippen LogP contribution in [0.1, 0.15) is 18.1 Å². The van der Waals surface area contributed by atoms with Crippen molar-refractivity contribution in [1.82, 2.24) is 0 Å². The molecule has 4 nitrogen and oxygen atoms in total. The normalized spacial score (nSPS) is 11.5. The maximum Gasteiger partial charge on any atom is 0.341 e. The highest BCUT2D eigenvalue weighted by Gasteiger charge is 2.20. The van der Waals surface area contributed by atoms with Crippen molar-refractivity contribution in [3.8, 4) is 17.2 Å². The van der Waals surface area contributed by atoms with Crippen molar-refractivity contribution in [2.45, 2.75) is 13.5 Å². The van der Waals surface area contributed by atoms with E-state index in [1.54, 1.807) is 48.5 Å². The molecule has 3 aromatic carbocycles. The molecule has 0 spiro atoms. The fraction of sp³-hybridized carbons (Fsp3) is 0.160. The largest absolute Gasteiger partial charge is 0.494 e. The third-order valence-corrected chi connectivity index (χ3v) is 4.53. The molecule has 0 aromatic heterocycles. The van der Waals surface area contributed by atoms with Crippen LogP contribution in [-0.4, -0.2) is 18.5 Å². The first kappa shape index (κ1) is 22.4. The average Bonchev–Trinajstić information content (AvgIpc) is 2.80. The zero-order valence-electron chi connectivity index (χ0n) is 17.0. The summed E-state index contributed by atoms with van der Waals surface area (Å²) in [6.07, 6.45) is 0. The Kier molecular flexibility index (Phi) is 8.07. The van der Waals surface area contributed by atoms with E-state index in [1.165, 1.54) is 0 Å². The summed E-state index contributed by atoms with van der Waals surface area (Å²) in [5, 5.41) is 0. The van der Waals surface area contributed by atoms with Crippen LogP contribution >= 0.6 is 11.6 Å². The van der Waals surface area contributed by atoms with Gasteiger partial charge in [0.05, 0.1) is 18.1 Å². The van der Waals surface area contributed by atoms with Crippen LogP contribution in [0.2, 0.25) is 0 Å². The molecule has 0 amide bonds. The fourth-order valence-electron chi connectivity index (χ4n) is 2.88. The first-order valence-corrected chi connectivity index (χ1v) is 10.3. The maximum absolute atomic E-state index is 14.4. The van der Waals surface area contributed by atoms with Gasteiger partial charge in [0.2, 0.25) is 0 Å². The Bertz CT molecular complexity index is 1030. The van der Waals surface area contributed by atoms with Crippen LogP contribution in [-0.2, 0) is 16.1 Å². The van der Waals surface area contributed by atoms with Crippen LogP contribution in [0.3, 0.4) is 0 Å². The Morgan fingerprint density at radius 2 is 1.61 bits per heavy atom. The Morgan fingerprint density at radius 3 is 2.29 bits per heavy atom. The Morgan fingerprint density at radius 1 is 0.903 bits per heavy atom. The van der Waals surface area contributed by atoms with Crippen molar-refractivity contribution in [2.24, 2.45) is 0 Å². The molecular formula is C25H22ClFO4. The highest BCUT2D eigenvalue weighted by Crippen LogP contribution is 2.26. The lowest BCUT2D eigenvalue weighted by molar-refractivity contribution is -0.137. The van der Waals surface area contributed by atoms with Crippen molar-refractivity contribution in [1.29, 1.82) is 0 Å². The summed E-state index contributed by atoms with van der Waals surface area (Å²) in [5.74, 6) is -0.0532. The van der Waals surface area contributed by atoms with Crippen LogP contribution < -0.4 is 9.47 Å². The molecule has 0 aliphatic rings. The summed E-state index contributed by atoms with van der Waals surface area (Å²) >= 11 is 5.65. The SMILES string of the molecule is CCOc1ccc(/C(C(=O)OCc2cccc(Oc3ccccc3)c2)=C(\F)CCl)cc1. The molecule has 0 bridgehead atoms. The molecule has 0 saturated carbocycles. The molecule has 6 heteroatoms. The minimum atomic E-state index is -0.795. The van der Waals surface area contributed by atoms with Gasteiger partial charge in [0.25, 0.3) is 0 Å². The zero-order valence-corrected chi connectivity index (χ0v) is 17.8. The third kappa shape index (κ3) is 6.33. The van der Waals surface area contributed by atoms with E-state index in [0.717, 1.165) is 0 Å². The van der Waals surface area contributed by atoms with Crippen molar-refractivity contribution in [2.75, 3.05) is 12.5 Å². The summed E-state index contributed by atoms with van der Waals surface area (Å²) in [7, 11) is 0. The molecule has 0 fully saturated rings. The molecule has 0 aliphatic heterocycles. The number of para-hydroxylation sites is 1. The summed E-state index contributed by atoms with van der Waals surface area (Å²) < 4.78 is 31.0.